The second-order valence-corrected chi connectivity index (χ2v) is 11.0. The van der Waals surface area contributed by atoms with E-state index in [1.165, 1.54) is 16.2 Å². The number of rotatable bonds is 4. The van der Waals surface area contributed by atoms with E-state index in [4.69, 9.17) is 4.74 Å². The van der Waals surface area contributed by atoms with Crippen molar-refractivity contribution >= 4 is 27.0 Å². The van der Waals surface area contributed by atoms with Crippen molar-refractivity contribution in [3.8, 4) is 5.75 Å². The third-order valence-corrected chi connectivity index (χ3v) is 7.33. The molecule has 1 aromatic heterocycles. The summed E-state index contributed by atoms with van der Waals surface area (Å²) in [6.45, 7) is 8.26. The summed E-state index contributed by atoms with van der Waals surface area (Å²) in [5.74, 6) is 0.118. The number of piperazine rings is 1. The van der Waals surface area contributed by atoms with E-state index in [9.17, 15) is 18.3 Å². The van der Waals surface area contributed by atoms with Gasteiger partial charge < -0.3 is 14.7 Å². The van der Waals surface area contributed by atoms with Gasteiger partial charge in [0.2, 0.25) is 0 Å². The quantitative estimate of drug-likeness (QED) is 0.625. The number of benzene rings is 2. The predicted molar refractivity (Wildman–Crippen MR) is 126 cm³/mol. The third kappa shape index (κ3) is 4.84. The normalized spacial score (nSPS) is 15.7. The fourth-order valence-electron chi connectivity index (χ4n) is 3.96. The van der Waals surface area contributed by atoms with Crippen LogP contribution < -0.4 is 0 Å². The van der Waals surface area contributed by atoms with Gasteiger partial charge in [-0.15, -0.1) is 0 Å². The Kier molecular flexibility index (Phi) is 6.11. The maximum absolute atomic E-state index is 13.1. The van der Waals surface area contributed by atoms with E-state index in [0.717, 1.165) is 0 Å². The van der Waals surface area contributed by atoms with Crippen molar-refractivity contribution in [3.05, 3.63) is 60.3 Å². The minimum Gasteiger partial charge on any atom is -0.508 e. The highest BCUT2D eigenvalue weighted by Gasteiger charge is 2.27. The van der Waals surface area contributed by atoms with E-state index >= 15 is 0 Å². The fourth-order valence-corrected chi connectivity index (χ4v) is 5.33. The zero-order valence-electron chi connectivity index (χ0n) is 19.1. The molecule has 1 amide bonds. The first kappa shape index (κ1) is 23.1. The SMILES string of the molecule is CC(C)(C)OC(=O)N1CCN(Cc2c(O)ccc3c2ccn3S(=O)(=O)c2ccccc2)CC1. The first-order valence-corrected chi connectivity index (χ1v) is 12.3. The molecule has 1 aliphatic heterocycles. The number of hydrogen-bond donors (Lipinski definition) is 1. The maximum atomic E-state index is 13.1. The molecule has 33 heavy (non-hydrogen) atoms. The van der Waals surface area contributed by atoms with Crippen LogP contribution in [0.4, 0.5) is 4.79 Å². The van der Waals surface area contributed by atoms with Crippen LogP contribution in [-0.2, 0) is 21.3 Å². The highest BCUT2D eigenvalue weighted by Crippen LogP contribution is 2.31. The van der Waals surface area contributed by atoms with Gasteiger partial charge in [0.1, 0.15) is 11.4 Å². The lowest BCUT2D eigenvalue weighted by Crippen LogP contribution is -2.49. The molecular weight excluding hydrogens is 442 g/mol. The Morgan fingerprint density at radius 2 is 1.67 bits per heavy atom. The zero-order valence-corrected chi connectivity index (χ0v) is 19.9. The van der Waals surface area contributed by atoms with Crippen LogP contribution >= 0.6 is 0 Å². The van der Waals surface area contributed by atoms with Crippen molar-refractivity contribution < 1.29 is 23.1 Å². The number of aromatic hydroxyl groups is 1. The topological polar surface area (TPSA) is 92.1 Å². The van der Waals surface area contributed by atoms with Crippen molar-refractivity contribution in [2.75, 3.05) is 26.2 Å². The molecule has 0 unspecified atom stereocenters. The Morgan fingerprint density at radius 1 is 1.00 bits per heavy atom. The summed E-state index contributed by atoms with van der Waals surface area (Å²) in [5, 5.41) is 11.3. The lowest BCUT2D eigenvalue weighted by atomic mass is 10.1. The molecule has 0 bridgehead atoms. The van der Waals surface area contributed by atoms with E-state index < -0.39 is 15.6 Å². The van der Waals surface area contributed by atoms with Gasteiger partial charge in [0, 0.05) is 49.9 Å². The molecule has 2 heterocycles. The molecule has 9 heteroatoms. The lowest BCUT2D eigenvalue weighted by molar-refractivity contribution is 0.0138. The van der Waals surface area contributed by atoms with E-state index in [1.807, 2.05) is 20.8 Å². The van der Waals surface area contributed by atoms with Crippen LogP contribution in [0.25, 0.3) is 10.9 Å². The maximum Gasteiger partial charge on any atom is 0.410 e. The number of carbonyl (C=O) groups is 1. The Labute approximate surface area is 194 Å². The number of nitrogens with zero attached hydrogens (tertiary/aromatic N) is 3. The van der Waals surface area contributed by atoms with Gasteiger partial charge in [-0.3, -0.25) is 4.90 Å². The standard InChI is InChI=1S/C24H29N3O5S/c1-24(2,3)32-23(29)26-15-13-25(14-16-26)17-20-19-11-12-27(21(19)9-10-22(20)28)33(30,31)18-7-5-4-6-8-18/h4-12,28H,13-17H2,1-3H3. The van der Waals surface area contributed by atoms with Gasteiger partial charge in [-0.1, -0.05) is 18.2 Å². The number of ether oxygens (including phenoxy) is 1. The van der Waals surface area contributed by atoms with Crippen LogP contribution in [0.1, 0.15) is 26.3 Å². The molecule has 0 saturated carbocycles. The molecule has 176 valence electrons. The smallest absolute Gasteiger partial charge is 0.410 e. The molecule has 1 aliphatic rings. The van der Waals surface area contributed by atoms with Crippen molar-refractivity contribution in [3.63, 3.8) is 0 Å². The molecule has 0 aliphatic carbocycles. The van der Waals surface area contributed by atoms with Crippen LogP contribution in [0, 0.1) is 0 Å². The molecule has 0 spiro atoms. The minimum atomic E-state index is -3.75. The number of hydrogen-bond acceptors (Lipinski definition) is 6. The fraction of sp³-hybridized carbons (Fsp3) is 0.375. The number of phenolic OH excluding ortho intramolecular Hbond substituents is 1. The van der Waals surface area contributed by atoms with Gasteiger partial charge in [-0.05, 0) is 51.1 Å². The number of fused-ring (bicyclic) bond motifs is 1. The van der Waals surface area contributed by atoms with E-state index in [-0.39, 0.29) is 16.7 Å². The lowest BCUT2D eigenvalue weighted by Gasteiger charge is -2.35. The van der Waals surface area contributed by atoms with Crippen LogP contribution in [0.5, 0.6) is 5.75 Å². The summed E-state index contributed by atoms with van der Waals surface area (Å²) in [5.41, 5.74) is 0.641. The summed E-state index contributed by atoms with van der Waals surface area (Å²) in [6, 6.07) is 13.1. The molecule has 4 rings (SSSR count). The van der Waals surface area contributed by atoms with Crippen molar-refractivity contribution in [1.29, 1.82) is 0 Å². The Bertz CT molecular complexity index is 1250. The largest absolute Gasteiger partial charge is 0.508 e. The molecule has 0 atom stereocenters. The highest BCUT2D eigenvalue weighted by atomic mass is 32.2. The first-order valence-electron chi connectivity index (χ1n) is 10.9. The summed E-state index contributed by atoms with van der Waals surface area (Å²) in [7, 11) is -3.75. The van der Waals surface area contributed by atoms with E-state index in [2.05, 4.69) is 4.90 Å². The van der Waals surface area contributed by atoms with Gasteiger partial charge >= 0.3 is 6.09 Å². The molecular formula is C24H29N3O5S. The van der Waals surface area contributed by atoms with Gasteiger partial charge in [0.15, 0.2) is 0 Å². The van der Waals surface area contributed by atoms with Crippen molar-refractivity contribution in [2.24, 2.45) is 0 Å². The number of amides is 1. The molecule has 1 N–H and O–H groups in total. The van der Waals surface area contributed by atoms with Crippen LogP contribution in [0.2, 0.25) is 0 Å². The van der Waals surface area contributed by atoms with Crippen LogP contribution in [0.3, 0.4) is 0 Å². The van der Waals surface area contributed by atoms with E-state index in [0.29, 0.717) is 49.2 Å². The molecule has 1 fully saturated rings. The Morgan fingerprint density at radius 3 is 2.30 bits per heavy atom. The van der Waals surface area contributed by atoms with Gasteiger partial charge in [0.05, 0.1) is 10.4 Å². The molecule has 1 saturated heterocycles. The predicted octanol–water partition coefficient (Wildman–Crippen LogP) is 3.64. The second-order valence-electron chi connectivity index (χ2n) is 9.17. The molecule has 0 radical (unpaired) electrons. The molecule has 2 aromatic carbocycles. The Balaban J connectivity index is 1.54. The second kappa shape index (κ2) is 8.72. The monoisotopic (exact) mass is 471 g/mol. The number of aromatic nitrogens is 1. The van der Waals surface area contributed by atoms with Gasteiger partial charge in [0.25, 0.3) is 10.0 Å². The summed E-state index contributed by atoms with van der Waals surface area (Å²) in [6.07, 6.45) is 1.20. The average molecular weight is 472 g/mol. The molecule has 3 aromatic rings. The van der Waals surface area contributed by atoms with Gasteiger partial charge in [-0.25, -0.2) is 17.2 Å². The van der Waals surface area contributed by atoms with Gasteiger partial charge in [-0.2, -0.15) is 0 Å². The van der Waals surface area contributed by atoms with Crippen molar-refractivity contribution in [1.82, 2.24) is 13.8 Å². The zero-order chi connectivity index (χ0) is 23.8. The average Bonchev–Trinajstić information content (AvgIpc) is 3.21. The van der Waals surface area contributed by atoms with Crippen LogP contribution in [-0.4, -0.2) is 65.2 Å². The van der Waals surface area contributed by atoms with Crippen LogP contribution in [0.15, 0.2) is 59.6 Å². The summed E-state index contributed by atoms with van der Waals surface area (Å²) in [4.78, 5) is 16.3. The minimum absolute atomic E-state index is 0.118. The van der Waals surface area contributed by atoms with E-state index in [1.54, 1.807) is 47.4 Å². The summed E-state index contributed by atoms with van der Waals surface area (Å²) < 4.78 is 33.0. The summed E-state index contributed by atoms with van der Waals surface area (Å²) >= 11 is 0. The Hall–Kier alpha value is -3.04. The molecule has 8 nitrogen and oxygen atoms in total. The first-order chi connectivity index (χ1) is 15.6. The third-order valence-electron chi connectivity index (χ3n) is 5.63. The van der Waals surface area contributed by atoms with Crippen molar-refractivity contribution in [2.45, 2.75) is 37.8 Å². The number of carbonyl (C=O) groups excluding carboxylic acids is 1. The highest BCUT2D eigenvalue weighted by molar-refractivity contribution is 7.90. The number of phenols is 1.